The molecule has 4 nitrogen and oxygen atoms in total. The molecule has 230 valence electrons. The Bertz CT molecular complexity index is 2110. The number of fused-ring (bicyclic) bond motifs is 3. The van der Waals surface area contributed by atoms with E-state index in [-0.39, 0.29) is 11.5 Å². The number of para-hydroxylation sites is 1. The van der Waals surface area contributed by atoms with Gasteiger partial charge in [-0.05, 0) is 106 Å². The summed E-state index contributed by atoms with van der Waals surface area (Å²) in [6.45, 7) is 6.64. The van der Waals surface area contributed by atoms with E-state index in [0.717, 1.165) is 24.0 Å². The van der Waals surface area contributed by atoms with Crippen molar-refractivity contribution in [3.8, 4) is 45.2 Å². The number of hydrogen-bond donors (Lipinski definition) is 0. The molecule has 0 aliphatic heterocycles. The van der Waals surface area contributed by atoms with Crippen molar-refractivity contribution in [1.82, 2.24) is 10.2 Å². The van der Waals surface area contributed by atoms with Crippen molar-refractivity contribution >= 4 is 11.4 Å². The van der Waals surface area contributed by atoms with Crippen molar-refractivity contribution in [2.75, 3.05) is 4.90 Å². The van der Waals surface area contributed by atoms with Crippen molar-refractivity contribution < 1.29 is 4.42 Å². The molecule has 0 spiro atoms. The number of allylic oxidation sites excluding steroid dienone is 2. The first-order valence-electron chi connectivity index (χ1n) is 16.4. The Morgan fingerprint density at radius 2 is 1.21 bits per heavy atom. The SMILES string of the molecule is CC(C)(C)c1ccc(-c2nnc(-c3ccc4c(c3)Cc3cc(-c5ccc(N(c6ccccc6)C6C=CC=CC6)cc5)ccc3-4)o2)cc1. The molecule has 2 aliphatic carbocycles. The van der Waals surface area contributed by atoms with Crippen LogP contribution in [0.3, 0.4) is 0 Å². The fraction of sp³-hybridized carbons (Fsp3) is 0.163. The van der Waals surface area contributed by atoms with Crippen LogP contribution < -0.4 is 4.90 Å². The molecule has 1 aromatic heterocycles. The summed E-state index contributed by atoms with van der Waals surface area (Å²) in [5, 5.41) is 8.77. The highest BCUT2D eigenvalue weighted by Gasteiger charge is 2.22. The first-order chi connectivity index (χ1) is 22.9. The number of benzene rings is 5. The van der Waals surface area contributed by atoms with E-state index in [2.05, 4.69) is 175 Å². The van der Waals surface area contributed by atoms with Crippen LogP contribution in [0.25, 0.3) is 45.2 Å². The van der Waals surface area contributed by atoms with Gasteiger partial charge in [-0.3, -0.25) is 0 Å². The van der Waals surface area contributed by atoms with Gasteiger partial charge in [0.25, 0.3) is 0 Å². The molecule has 1 unspecified atom stereocenters. The lowest BCUT2D eigenvalue weighted by atomic mass is 9.87. The Morgan fingerprint density at radius 1 is 0.617 bits per heavy atom. The molecule has 1 atom stereocenters. The third-order valence-corrected chi connectivity index (χ3v) is 9.35. The molecular weight excluding hydrogens is 574 g/mol. The Kier molecular flexibility index (Phi) is 7.21. The number of anilines is 2. The van der Waals surface area contributed by atoms with Gasteiger partial charge in [0.05, 0.1) is 6.04 Å². The second-order valence-corrected chi connectivity index (χ2v) is 13.5. The molecule has 0 fully saturated rings. The molecule has 4 heteroatoms. The van der Waals surface area contributed by atoms with Crippen LogP contribution in [0.1, 0.15) is 43.9 Å². The average Bonchev–Trinajstić information content (AvgIpc) is 3.74. The maximum Gasteiger partial charge on any atom is 0.248 e. The van der Waals surface area contributed by atoms with E-state index in [9.17, 15) is 0 Å². The summed E-state index contributed by atoms with van der Waals surface area (Å²) in [5.41, 5.74) is 13.3. The van der Waals surface area contributed by atoms with Crippen molar-refractivity contribution in [3.05, 3.63) is 156 Å². The minimum Gasteiger partial charge on any atom is -0.416 e. The fourth-order valence-electron chi connectivity index (χ4n) is 6.79. The molecule has 1 heterocycles. The molecule has 2 aliphatic rings. The molecule has 0 bridgehead atoms. The van der Waals surface area contributed by atoms with Gasteiger partial charge in [0, 0.05) is 22.5 Å². The minimum atomic E-state index is 0.0980. The average molecular weight is 612 g/mol. The lowest BCUT2D eigenvalue weighted by Gasteiger charge is -2.32. The summed E-state index contributed by atoms with van der Waals surface area (Å²) in [4.78, 5) is 2.43. The molecule has 0 amide bonds. The van der Waals surface area contributed by atoms with Crippen LogP contribution >= 0.6 is 0 Å². The van der Waals surface area contributed by atoms with Gasteiger partial charge in [0.2, 0.25) is 11.8 Å². The summed E-state index contributed by atoms with van der Waals surface area (Å²) in [6, 6.07) is 41.7. The van der Waals surface area contributed by atoms with Gasteiger partial charge in [-0.15, -0.1) is 10.2 Å². The van der Waals surface area contributed by atoms with Gasteiger partial charge < -0.3 is 9.32 Å². The standard InChI is InChI=1S/C43H37N3O/c1-43(2,3)35-20-14-30(15-21-35)41-44-45-42(47-41)32-19-25-40-34(27-32)28-33-26-31(18-24-39(33)40)29-16-22-38(23-17-29)46(36-10-6-4-7-11-36)37-12-8-5-9-13-37/h4-12,14-27,37H,13,28H2,1-3H3. The number of aromatic nitrogens is 2. The van der Waals surface area contributed by atoms with Crippen LogP contribution in [0.15, 0.2) is 144 Å². The quantitative estimate of drug-likeness (QED) is 0.188. The van der Waals surface area contributed by atoms with Gasteiger partial charge in [-0.2, -0.15) is 0 Å². The molecule has 5 aromatic carbocycles. The summed E-state index contributed by atoms with van der Waals surface area (Å²) in [7, 11) is 0. The van der Waals surface area contributed by atoms with Crippen LogP contribution in [0.4, 0.5) is 11.4 Å². The van der Waals surface area contributed by atoms with E-state index in [4.69, 9.17) is 4.42 Å². The van der Waals surface area contributed by atoms with E-state index < -0.39 is 0 Å². The van der Waals surface area contributed by atoms with E-state index in [1.807, 2.05) is 0 Å². The zero-order valence-electron chi connectivity index (χ0n) is 27.0. The molecule has 47 heavy (non-hydrogen) atoms. The number of rotatable bonds is 6. The molecule has 0 saturated heterocycles. The minimum absolute atomic E-state index is 0.0980. The zero-order chi connectivity index (χ0) is 32.0. The second-order valence-electron chi connectivity index (χ2n) is 13.5. The first kappa shape index (κ1) is 29.0. The van der Waals surface area contributed by atoms with Crippen LogP contribution in [0.2, 0.25) is 0 Å². The monoisotopic (exact) mass is 611 g/mol. The first-order valence-corrected chi connectivity index (χ1v) is 16.4. The second kappa shape index (κ2) is 11.7. The maximum atomic E-state index is 6.16. The largest absolute Gasteiger partial charge is 0.416 e. The third kappa shape index (κ3) is 5.61. The Hall–Kier alpha value is -5.48. The Labute approximate surface area is 276 Å². The normalized spacial score (nSPS) is 15.0. The summed E-state index contributed by atoms with van der Waals surface area (Å²) < 4.78 is 6.16. The van der Waals surface area contributed by atoms with E-state index in [1.165, 1.54) is 50.3 Å². The van der Waals surface area contributed by atoms with Crippen molar-refractivity contribution in [1.29, 1.82) is 0 Å². The highest BCUT2D eigenvalue weighted by atomic mass is 16.4. The third-order valence-electron chi connectivity index (χ3n) is 9.35. The predicted molar refractivity (Wildman–Crippen MR) is 193 cm³/mol. The highest BCUT2D eigenvalue weighted by Crippen LogP contribution is 2.41. The van der Waals surface area contributed by atoms with Crippen LogP contribution in [0, 0.1) is 0 Å². The Morgan fingerprint density at radius 3 is 1.87 bits per heavy atom. The van der Waals surface area contributed by atoms with Crippen molar-refractivity contribution in [3.63, 3.8) is 0 Å². The highest BCUT2D eigenvalue weighted by molar-refractivity contribution is 5.82. The maximum absolute atomic E-state index is 6.16. The van der Waals surface area contributed by atoms with Gasteiger partial charge in [0.1, 0.15) is 0 Å². The van der Waals surface area contributed by atoms with Crippen LogP contribution in [-0.2, 0) is 11.8 Å². The molecule has 6 aromatic rings. The Balaban J connectivity index is 1.02. The number of hydrogen-bond acceptors (Lipinski definition) is 4. The topological polar surface area (TPSA) is 42.2 Å². The zero-order valence-corrected chi connectivity index (χ0v) is 27.0. The van der Waals surface area contributed by atoms with Gasteiger partial charge in [0.15, 0.2) is 0 Å². The molecule has 0 saturated carbocycles. The number of nitrogens with zero attached hydrogens (tertiary/aromatic N) is 3. The van der Waals surface area contributed by atoms with E-state index in [0.29, 0.717) is 11.8 Å². The van der Waals surface area contributed by atoms with E-state index in [1.54, 1.807) is 0 Å². The summed E-state index contributed by atoms with van der Waals surface area (Å²) in [6.07, 6.45) is 10.7. The molecular formula is C43H37N3O. The predicted octanol–water partition coefficient (Wildman–Crippen LogP) is 11.0. The lowest BCUT2D eigenvalue weighted by molar-refractivity contribution is 0.582. The summed E-state index contributed by atoms with van der Waals surface area (Å²) in [5.74, 6) is 1.09. The van der Waals surface area contributed by atoms with Crippen molar-refractivity contribution in [2.45, 2.75) is 45.1 Å². The van der Waals surface area contributed by atoms with Gasteiger partial charge in [-0.25, -0.2) is 0 Å². The smallest absolute Gasteiger partial charge is 0.248 e. The van der Waals surface area contributed by atoms with Crippen LogP contribution in [-0.4, -0.2) is 16.2 Å². The summed E-state index contributed by atoms with van der Waals surface area (Å²) >= 11 is 0. The van der Waals surface area contributed by atoms with E-state index >= 15 is 0 Å². The van der Waals surface area contributed by atoms with Crippen LogP contribution in [0.5, 0.6) is 0 Å². The molecule has 0 radical (unpaired) electrons. The molecule has 8 rings (SSSR count). The molecule has 0 N–H and O–H groups in total. The fourth-order valence-corrected chi connectivity index (χ4v) is 6.79. The lowest BCUT2D eigenvalue weighted by Crippen LogP contribution is -2.29. The van der Waals surface area contributed by atoms with Crippen molar-refractivity contribution in [2.24, 2.45) is 0 Å². The van der Waals surface area contributed by atoms with Gasteiger partial charge >= 0.3 is 0 Å². The van der Waals surface area contributed by atoms with Gasteiger partial charge in [-0.1, -0.05) is 112 Å².